The maximum absolute atomic E-state index is 13.6. The highest BCUT2D eigenvalue weighted by Crippen LogP contribution is 2.24. The molecule has 0 amide bonds. The van der Waals surface area contributed by atoms with Crippen molar-refractivity contribution >= 4 is 22.4 Å². The van der Waals surface area contributed by atoms with E-state index in [9.17, 15) is 9.18 Å². The average Bonchev–Trinajstić information content (AvgIpc) is 2.88. The Bertz CT molecular complexity index is 600. The van der Waals surface area contributed by atoms with E-state index in [1.54, 1.807) is 30.5 Å². The van der Waals surface area contributed by atoms with E-state index in [2.05, 4.69) is 10.3 Å². The highest BCUT2D eigenvalue weighted by Gasteiger charge is 2.15. The van der Waals surface area contributed by atoms with Gasteiger partial charge in [0.2, 0.25) is 0 Å². The Morgan fingerprint density at radius 3 is 2.95 bits per heavy atom. The van der Waals surface area contributed by atoms with Crippen LogP contribution in [0.25, 0.3) is 0 Å². The molecular weight excluding hydrogens is 279 g/mol. The molecule has 0 aliphatic carbocycles. The van der Waals surface area contributed by atoms with Gasteiger partial charge in [0.05, 0.1) is 12.6 Å². The number of rotatable bonds is 5. The molecule has 0 fully saturated rings. The lowest BCUT2D eigenvalue weighted by atomic mass is 10.1. The predicted octanol–water partition coefficient (Wildman–Crippen LogP) is 3.63. The maximum Gasteiger partial charge on any atom is 0.357 e. The fourth-order valence-corrected chi connectivity index (χ4v) is 2.50. The first-order valence-corrected chi connectivity index (χ1v) is 7.13. The number of hydrogen-bond acceptors (Lipinski definition) is 5. The molecule has 2 aromatic rings. The van der Waals surface area contributed by atoms with Crippen molar-refractivity contribution in [2.75, 3.05) is 11.9 Å². The number of aromatic nitrogens is 1. The van der Waals surface area contributed by atoms with Crippen LogP contribution in [-0.2, 0) is 4.74 Å². The average molecular weight is 294 g/mol. The molecule has 2 rings (SSSR count). The fourth-order valence-electron chi connectivity index (χ4n) is 1.73. The molecule has 1 aromatic carbocycles. The van der Waals surface area contributed by atoms with Crippen molar-refractivity contribution in [1.29, 1.82) is 0 Å². The van der Waals surface area contributed by atoms with E-state index in [0.29, 0.717) is 17.3 Å². The number of halogens is 1. The molecule has 4 nitrogen and oxygen atoms in total. The van der Waals surface area contributed by atoms with Gasteiger partial charge in [-0.2, -0.15) is 0 Å². The van der Waals surface area contributed by atoms with E-state index in [-0.39, 0.29) is 17.6 Å². The van der Waals surface area contributed by atoms with Gasteiger partial charge in [0.1, 0.15) is 5.82 Å². The zero-order chi connectivity index (χ0) is 14.5. The van der Waals surface area contributed by atoms with Crippen LogP contribution in [0.15, 0.2) is 29.6 Å². The molecule has 1 N–H and O–H groups in total. The molecule has 1 heterocycles. The molecule has 0 saturated carbocycles. The molecule has 0 aliphatic heterocycles. The number of nitrogens with one attached hydrogen (secondary N) is 1. The molecular formula is C14H15FN2O2S. The van der Waals surface area contributed by atoms with Crippen molar-refractivity contribution in [3.05, 3.63) is 46.7 Å². The summed E-state index contributed by atoms with van der Waals surface area (Å²) in [6, 6.07) is 6.32. The van der Waals surface area contributed by atoms with Crippen LogP contribution in [0.3, 0.4) is 0 Å². The number of esters is 1. The monoisotopic (exact) mass is 294 g/mol. The van der Waals surface area contributed by atoms with E-state index >= 15 is 0 Å². The smallest absolute Gasteiger partial charge is 0.357 e. The van der Waals surface area contributed by atoms with Gasteiger partial charge in [-0.05, 0) is 19.9 Å². The summed E-state index contributed by atoms with van der Waals surface area (Å²) in [6.07, 6.45) is 0. The minimum atomic E-state index is -0.449. The van der Waals surface area contributed by atoms with Crippen molar-refractivity contribution in [3.63, 3.8) is 0 Å². The Morgan fingerprint density at radius 1 is 1.50 bits per heavy atom. The van der Waals surface area contributed by atoms with Crippen LogP contribution in [0.5, 0.6) is 0 Å². The van der Waals surface area contributed by atoms with E-state index in [1.165, 1.54) is 17.4 Å². The van der Waals surface area contributed by atoms with E-state index in [0.717, 1.165) is 0 Å². The van der Waals surface area contributed by atoms with E-state index < -0.39 is 5.97 Å². The fraction of sp³-hybridized carbons (Fsp3) is 0.286. The number of hydrogen-bond donors (Lipinski definition) is 1. The lowest BCUT2D eigenvalue weighted by Gasteiger charge is -2.13. The van der Waals surface area contributed by atoms with Crippen LogP contribution >= 0.6 is 11.3 Å². The first-order chi connectivity index (χ1) is 9.61. The van der Waals surface area contributed by atoms with Crippen molar-refractivity contribution in [1.82, 2.24) is 4.98 Å². The second kappa shape index (κ2) is 6.47. The van der Waals surface area contributed by atoms with Gasteiger partial charge in [0, 0.05) is 10.9 Å². The number of thiazole rings is 1. The van der Waals surface area contributed by atoms with Gasteiger partial charge in [-0.15, -0.1) is 11.3 Å². The Kier molecular flexibility index (Phi) is 4.68. The van der Waals surface area contributed by atoms with Crippen LogP contribution < -0.4 is 5.32 Å². The molecule has 6 heteroatoms. The summed E-state index contributed by atoms with van der Waals surface area (Å²) in [5.41, 5.74) is 0.820. The van der Waals surface area contributed by atoms with E-state index in [1.807, 2.05) is 6.92 Å². The number of ether oxygens (including phenoxy) is 1. The Hall–Kier alpha value is -1.95. The summed E-state index contributed by atoms with van der Waals surface area (Å²) in [4.78, 5) is 15.6. The Balaban J connectivity index is 2.07. The van der Waals surface area contributed by atoms with Gasteiger partial charge in [-0.3, -0.25) is 0 Å². The number of anilines is 1. The molecule has 0 radical (unpaired) electrons. The molecule has 0 bridgehead atoms. The van der Waals surface area contributed by atoms with Gasteiger partial charge in [-0.25, -0.2) is 14.2 Å². The summed E-state index contributed by atoms with van der Waals surface area (Å²) in [5, 5.41) is 5.25. The minimum Gasteiger partial charge on any atom is -0.461 e. The first-order valence-electron chi connectivity index (χ1n) is 6.25. The normalized spacial score (nSPS) is 11.9. The molecule has 0 saturated heterocycles. The Morgan fingerprint density at radius 2 is 2.25 bits per heavy atom. The summed E-state index contributed by atoms with van der Waals surface area (Å²) in [7, 11) is 0. The highest BCUT2D eigenvalue weighted by molar-refractivity contribution is 7.13. The van der Waals surface area contributed by atoms with Crippen LogP contribution in [0, 0.1) is 5.82 Å². The van der Waals surface area contributed by atoms with Gasteiger partial charge < -0.3 is 10.1 Å². The quantitative estimate of drug-likeness (QED) is 0.856. The maximum atomic E-state index is 13.6. The third-order valence-electron chi connectivity index (χ3n) is 2.70. The molecule has 1 atom stereocenters. The van der Waals surface area contributed by atoms with Crippen LogP contribution in [0.1, 0.15) is 35.9 Å². The zero-order valence-electron chi connectivity index (χ0n) is 11.2. The van der Waals surface area contributed by atoms with Crippen molar-refractivity contribution in [2.45, 2.75) is 19.9 Å². The minimum absolute atomic E-state index is 0.239. The van der Waals surface area contributed by atoms with E-state index in [4.69, 9.17) is 4.74 Å². The van der Waals surface area contributed by atoms with Gasteiger partial charge in [0.15, 0.2) is 10.8 Å². The number of nitrogens with zero attached hydrogens (tertiary/aromatic N) is 1. The predicted molar refractivity (Wildman–Crippen MR) is 76.5 cm³/mol. The topological polar surface area (TPSA) is 51.2 Å². The summed E-state index contributed by atoms with van der Waals surface area (Å²) < 4.78 is 18.5. The molecule has 1 aromatic heterocycles. The third-order valence-corrected chi connectivity index (χ3v) is 3.47. The lowest BCUT2D eigenvalue weighted by Crippen LogP contribution is -2.09. The largest absolute Gasteiger partial charge is 0.461 e. The second-order valence-corrected chi connectivity index (χ2v) is 5.00. The van der Waals surface area contributed by atoms with Crippen molar-refractivity contribution in [2.24, 2.45) is 0 Å². The molecule has 0 aliphatic rings. The third kappa shape index (κ3) is 3.33. The van der Waals surface area contributed by atoms with Gasteiger partial charge in [0.25, 0.3) is 0 Å². The number of benzene rings is 1. The standard InChI is InChI=1S/C14H15FN2O2S/c1-3-19-13(18)12-8-20-14(17-12)16-9(2)10-6-4-5-7-11(10)15/h4-9H,3H2,1-2H3,(H,16,17). The Labute approximate surface area is 120 Å². The molecule has 0 spiro atoms. The summed E-state index contributed by atoms with van der Waals surface area (Å²) in [6.45, 7) is 3.89. The van der Waals surface area contributed by atoms with Crippen LogP contribution in [0.2, 0.25) is 0 Å². The SMILES string of the molecule is CCOC(=O)c1csc(NC(C)c2ccccc2F)n1. The zero-order valence-corrected chi connectivity index (χ0v) is 12.0. The lowest BCUT2D eigenvalue weighted by molar-refractivity contribution is 0.0520. The summed E-state index contributed by atoms with van der Waals surface area (Å²) in [5.74, 6) is -0.718. The number of carbonyl (C=O) groups excluding carboxylic acids is 1. The second-order valence-electron chi connectivity index (χ2n) is 4.15. The van der Waals surface area contributed by atoms with Gasteiger partial charge in [-0.1, -0.05) is 18.2 Å². The van der Waals surface area contributed by atoms with Crippen molar-refractivity contribution in [3.8, 4) is 0 Å². The first kappa shape index (κ1) is 14.5. The summed E-state index contributed by atoms with van der Waals surface area (Å²) >= 11 is 1.29. The molecule has 1 unspecified atom stereocenters. The molecule has 20 heavy (non-hydrogen) atoms. The van der Waals surface area contributed by atoms with Crippen LogP contribution in [0.4, 0.5) is 9.52 Å². The van der Waals surface area contributed by atoms with Crippen LogP contribution in [-0.4, -0.2) is 17.6 Å². The van der Waals surface area contributed by atoms with Crippen molar-refractivity contribution < 1.29 is 13.9 Å². The highest BCUT2D eigenvalue weighted by atomic mass is 32.1. The molecule has 106 valence electrons. The number of carbonyl (C=O) groups is 1. The van der Waals surface area contributed by atoms with Gasteiger partial charge >= 0.3 is 5.97 Å².